The largest absolute Gasteiger partial charge is 0.467 e. The van der Waals surface area contributed by atoms with Gasteiger partial charge in [-0.05, 0) is 36.8 Å². The summed E-state index contributed by atoms with van der Waals surface area (Å²) in [4.78, 5) is 24.7. The van der Waals surface area contributed by atoms with Crippen LogP contribution in [0.3, 0.4) is 0 Å². The van der Waals surface area contributed by atoms with Gasteiger partial charge in [0, 0.05) is 19.2 Å². The quantitative estimate of drug-likeness (QED) is 0.888. The molecule has 0 aliphatic heterocycles. The van der Waals surface area contributed by atoms with Crippen molar-refractivity contribution in [2.24, 2.45) is 5.73 Å². The Morgan fingerprint density at radius 1 is 1.27 bits per heavy atom. The van der Waals surface area contributed by atoms with E-state index in [-0.39, 0.29) is 11.9 Å². The van der Waals surface area contributed by atoms with Crippen molar-refractivity contribution < 1.29 is 14.0 Å². The first-order valence-corrected chi connectivity index (χ1v) is 6.92. The Bertz CT molecular complexity index is 635. The predicted octanol–water partition coefficient (Wildman–Crippen LogP) is 2.28. The van der Waals surface area contributed by atoms with Crippen LogP contribution in [0.25, 0.3) is 0 Å². The van der Waals surface area contributed by atoms with E-state index in [4.69, 9.17) is 10.2 Å². The summed E-state index contributed by atoms with van der Waals surface area (Å²) in [6.45, 7) is 2.24. The number of benzene rings is 1. The lowest BCUT2D eigenvalue weighted by molar-refractivity contribution is 0.0726. The number of primary amides is 1. The molecule has 1 unspecified atom stereocenters. The van der Waals surface area contributed by atoms with Crippen molar-refractivity contribution in [2.45, 2.75) is 19.5 Å². The highest BCUT2D eigenvalue weighted by Crippen LogP contribution is 2.21. The van der Waals surface area contributed by atoms with Crippen molar-refractivity contribution in [1.82, 2.24) is 10.2 Å². The standard InChI is InChI=1S/C16H19N3O3/c1-11(14-4-3-9-22-14)19(2)15(20)13-7-5-12(6-8-13)10-18-16(17)21/h3-9,11H,10H2,1-2H3,(H3,17,18,21). The minimum Gasteiger partial charge on any atom is -0.467 e. The van der Waals surface area contributed by atoms with Gasteiger partial charge in [-0.1, -0.05) is 12.1 Å². The first kappa shape index (κ1) is 15.6. The summed E-state index contributed by atoms with van der Waals surface area (Å²) >= 11 is 0. The molecule has 6 heteroatoms. The van der Waals surface area contributed by atoms with E-state index in [1.54, 1.807) is 48.5 Å². The maximum Gasteiger partial charge on any atom is 0.312 e. The average Bonchev–Trinajstić information content (AvgIpc) is 3.05. The number of urea groups is 1. The molecular formula is C16H19N3O3. The average molecular weight is 301 g/mol. The molecule has 1 aromatic heterocycles. The van der Waals surface area contributed by atoms with Crippen molar-refractivity contribution >= 4 is 11.9 Å². The normalized spacial score (nSPS) is 11.7. The van der Waals surface area contributed by atoms with Gasteiger partial charge in [-0.3, -0.25) is 4.79 Å². The van der Waals surface area contributed by atoms with Crippen molar-refractivity contribution in [3.05, 3.63) is 59.5 Å². The lowest BCUT2D eigenvalue weighted by Gasteiger charge is -2.23. The van der Waals surface area contributed by atoms with E-state index in [0.29, 0.717) is 12.1 Å². The van der Waals surface area contributed by atoms with Crippen LogP contribution in [0.1, 0.15) is 34.6 Å². The van der Waals surface area contributed by atoms with Crippen LogP contribution in [-0.2, 0) is 6.54 Å². The number of nitrogens with one attached hydrogen (secondary N) is 1. The maximum absolute atomic E-state index is 12.5. The molecule has 0 bridgehead atoms. The Labute approximate surface area is 128 Å². The molecule has 6 nitrogen and oxygen atoms in total. The Kier molecular flexibility index (Phi) is 4.83. The summed E-state index contributed by atoms with van der Waals surface area (Å²) in [5.74, 6) is 0.636. The molecule has 1 heterocycles. The predicted molar refractivity (Wildman–Crippen MR) is 82.1 cm³/mol. The zero-order chi connectivity index (χ0) is 16.1. The van der Waals surface area contributed by atoms with Gasteiger partial charge >= 0.3 is 6.03 Å². The van der Waals surface area contributed by atoms with Gasteiger partial charge in [0.1, 0.15) is 5.76 Å². The van der Waals surface area contributed by atoms with E-state index in [9.17, 15) is 9.59 Å². The number of amides is 3. The molecule has 0 fully saturated rings. The number of carbonyl (C=O) groups is 2. The molecule has 3 amide bonds. The highest BCUT2D eigenvalue weighted by molar-refractivity contribution is 5.94. The van der Waals surface area contributed by atoms with E-state index in [2.05, 4.69) is 5.32 Å². The number of nitrogens with zero attached hydrogens (tertiary/aromatic N) is 1. The van der Waals surface area contributed by atoms with Gasteiger partial charge in [0.15, 0.2) is 0 Å². The van der Waals surface area contributed by atoms with Crippen LogP contribution >= 0.6 is 0 Å². The second kappa shape index (κ2) is 6.80. The fourth-order valence-electron chi connectivity index (χ4n) is 2.05. The molecule has 1 aromatic carbocycles. The Hall–Kier alpha value is -2.76. The van der Waals surface area contributed by atoms with Gasteiger partial charge < -0.3 is 20.4 Å². The molecule has 1 atom stereocenters. The van der Waals surface area contributed by atoms with Gasteiger partial charge in [0.2, 0.25) is 0 Å². The summed E-state index contributed by atoms with van der Waals surface area (Å²) < 4.78 is 5.33. The Morgan fingerprint density at radius 3 is 2.50 bits per heavy atom. The maximum atomic E-state index is 12.5. The highest BCUT2D eigenvalue weighted by Gasteiger charge is 2.20. The fourth-order valence-corrected chi connectivity index (χ4v) is 2.05. The van der Waals surface area contributed by atoms with E-state index >= 15 is 0 Å². The lowest BCUT2D eigenvalue weighted by Crippen LogP contribution is -2.30. The number of furan rings is 1. The van der Waals surface area contributed by atoms with Gasteiger partial charge in [-0.25, -0.2) is 4.79 Å². The van der Waals surface area contributed by atoms with Crippen LogP contribution in [0, 0.1) is 0 Å². The minimum absolute atomic E-state index is 0.0988. The van der Waals surface area contributed by atoms with Crippen LogP contribution < -0.4 is 11.1 Å². The van der Waals surface area contributed by atoms with Crippen molar-refractivity contribution in [3.8, 4) is 0 Å². The first-order chi connectivity index (χ1) is 10.5. The van der Waals surface area contributed by atoms with Gasteiger partial charge in [-0.15, -0.1) is 0 Å². The van der Waals surface area contributed by atoms with Crippen LogP contribution in [0.15, 0.2) is 47.1 Å². The number of hydrogen-bond donors (Lipinski definition) is 2. The van der Waals surface area contributed by atoms with Crippen molar-refractivity contribution in [2.75, 3.05) is 7.05 Å². The molecule has 0 spiro atoms. The second-order valence-corrected chi connectivity index (χ2v) is 5.02. The van der Waals surface area contributed by atoms with Crippen LogP contribution in [0.2, 0.25) is 0 Å². The second-order valence-electron chi connectivity index (χ2n) is 5.02. The summed E-state index contributed by atoms with van der Waals surface area (Å²) in [7, 11) is 1.73. The number of nitrogens with two attached hydrogens (primary N) is 1. The van der Waals surface area contributed by atoms with Crippen LogP contribution in [0.4, 0.5) is 4.79 Å². The summed E-state index contributed by atoms with van der Waals surface area (Å²) in [5, 5.41) is 2.50. The fraction of sp³-hybridized carbons (Fsp3) is 0.250. The molecular weight excluding hydrogens is 282 g/mol. The van der Waals surface area contributed by atoms with Crippen LogP contribution in [-0.4, -0.2) is 23.9 Å². The summed E-state index contributed by atoms with van der Waals surface area (Å²) in [5.41, 5.74) is 6.46. The molecule has 0 aliphatic carbocycles. The molecule has 3 N–H and O–H groups in total. The van der Waals surface area contributed by atoms with E-state index < -0.39 is 6.03 Å². The van der Waals surface area contributed by atoms with Crippen molar-refractivity contribution in [3.63, 3.8) is 0 Å². The van der Waals surface area contributed by atoms with E-state index in [1.807, 2.05) is 13.0 Å². The molecule has 0 radical (unpaired) electrons. The smallest absolute Gasteiger partial charge is 0.312 e. The molecule has 2 rings (SSSR count). The van der Waals surface area contributed by atoms with Crippen molar-refractivity contribution in [1.29, 1.82) is 0 Å². The molecule has 2 aromatic rings. The lowest BCUT2D eigenvalue weighted by atomic mass is 10.1. The topological polar surface area (TPSA) is 88.6 Å². The first-order valence-electron chi connectivity index (χ1n) is 6.92. The molecule has 0 saturated carbocycles. The zero-order valence-electron chi connectivity index (χ0n) is 12.6. The minimum atomic E-state index is -0.577. The third-order valence-electron chi connectivity index (χ3n) is 3.52. The molecule has 22 heavy (non-hydrogen) atoms. The summed E-state index contributed by atoms with van der Waals surface area (Å²) in [6, 6.07) is 9.93. The van der Waals surface area contributed by atoms with E-state index in [0.717, 1.165) is 11.3 Å². The van der Waals surface area contributed by atoms with Crippen LogP contribution in [0.5, 0.6) is 0 Å². The molecule has 0 aliphatic rings. The number of carbonyl (C=O) groups excluding carboxylic acids is 2. The summed E-state index contributed by atoms with van der Waals surface area (Å²) in [6.07, 6.45) is 1.59. The third kappa shape index (κ3) is 3.66. The monoisotopic (exact) mass is 301 g/mol. The third-order valence-corrected chi connectivity index (χ3v) is 3.52. The SMILES string of the molecule is CC(c1ccco1)N(C)C(=O)c1ccc(CNC(N)=O)cc1. The van der Waals surface area contributed by atoms with Gasteiger partial charge in [0.25, 0.3) is 5.91 Å². The van der Waals surface area contributed by atoms with Gasteiger partial charge in [-0.2, -0.15) is 0 Å². The number of rotatable bonds is 5. The zero-order valence-corrected chi connectivity index (χ0v) is 12.6. The molecule has 116 valence electrons. The highest BCUT2D eigenvalue weighted by atomic mass is 16.3. The Balaban J connectivity index is 2.04. The number of hydrogen-bond acceptors (Lipinski definition) is 3. The Morgan fingerprint density at radius 2 is 1.95 bits per heavy atom. The van der Waals surface area contributed by atoms with E-state index in [1.165, 1.54) is 0 Å². The van der Waals surface area contributed by atoms with Gasteiger partial charge in [0.05, 0.1) is 12.3 Å². The molecule has 0 saturated heterocycles.